The van der Waals surface area contributed by atoms with E-state index in [1.807, 2.05) is 61.5 Å². The molecule has 0 aliphatic carbocycles. The number of alkyl halides is 3. The highest BCUT2D eigenvalue weighted by Crippen LogP contribution is 2.31. The van der Waals surface area contributed by atoms with Crippen molar-refractivity contribution >= 4 is 17.5 Å². The van der Waals surface area contributed by atoms with Crippen molar-refractivity contribution in [1.82, 2.24) is 5.32 Å². The van der Waals surface area contributed by atoms with E-state index in [1.165, 1.54) is 12.1 Å². The molecule has 1 unspecified atom stereocenters. The Bertz CT molecular complexity index is 1080. The van der Waals surface area contributed by atoms with E-state index in [2.05, 4.69) is 5.32 Å². The smallest absolute Gasteiger partial charge is 0.416 e. The maximum atomic E-state index is 13.1. The summed E-state index contributed by atoms with van der Waals surface area (Å²) >= 11 is 6.02. The molecule has 180 valence electrons. The minimum absolute atomic E-state index is 0.0202. The van der Waals surface area contributed by atoms with Crippen molar-refractivity contribution in [3.05, 3.63) is 101 Å². The first-order chi connectivity index (χ1) is 16.0. The lowest BCUT2D eigenvalue weighted by molar-refractivity contribution is -0.138. The zero-order valence-electron chi connectivity index (χ0n) is 19.2. The fourth-order valence-electron chi connectivity index (χ4n) is 3.69. The van der Waals surface area contributed by atoms with Crippen LogP contribution in [0.2, 0.25) is 5.02 Å². The quantitative estimate of drug-likeness (QED) is 0.368. The molecule has 1 amide bonds. The minimum Gasteiger partial charge on any atom is -0.478 e. The van der Waals surface area contributed by atoms with Gasteiger partial charge in [-0.1, -0.05) is 54.1 Å². The van der Waals surface area contributed by atoms with Gasteiger partial charge in [0.2, 0.25) is 0 Å². The summed E-state index contributed by atoms with van der Waals surface area (Å²) in [5.74, 6) is -0.202. The Kier molecular flexibility index (Phi) is 7.93. The highest BCUT2D eigenvalue weighted by molar-refractivity contribution is 6.30. The van der Waals surface area contributed by atoms with Crippen LogP contribution < -0.4 is 10.1 Å². The van der Waals surface area contributed by atoms with Gasteiger partial charge in [0.05, 0.1) is 5.56 Å². The molecular formula is C27H27ClF3NO2. The number of ether oxygens (including phenoxy) is 1. The van der Waals surface area contributed by atoms with Gasteiger partial charge in [-0.25, -0.2) is 0 Å². The van der Waals surface area contributed by atoms with Gasteiger partial charge in [0, 0.05) is 17.0 Å². The van der Waals surface area contributed by atoms with E-state index in [-0.39, 0.29) is 23.6 Å². The molecule has 0 bridgehead atoms. The number of carbonyl (C=O) groups excluding carboxylic acids is 1. The SMILES string of the molecule is CC(NC(=O)C(C)(C)Oc1ccc(C(F)(F)F)cc1)[C@@H](Cc1ccc(Cl)cc1)c1ccccc1. The Labute approximate surface area is 202 Å². The lowest BCUT2D eigenvalue weighted by Gasteiger charge is -2.31. The van der Waals surface area contributed by atoms with E-state index in [0.717, 1.165) is 23.3 Å². The van der Waals surface area contributed by atoms with Crippen LogP contribution in [0.4, 0.5) is 13.2 Å². The van der Waals surface area contributed by atoms with Crippen LogP contribution >= 0.6 is 11.6 Å². The van der Waals surface area contributed by atoms with Crippen molar-refractivity contribution in [3.63, 3.8) is 0 Å². The third kappa shape index (κ3) is 6.76. The van der Waals surface area contributed by atoms with E-state index in [1.54, 1.807) is 13.8 Å². The molecule has 0 fully saturated rings. The Morgan fingerprint density at radius 1 is 0.941 bits per heavy atom. The van der Waals surface area contributed by atoms with Crippen LogP contribution in [0, 0.1) is 0 Å². The van der Waals surface area contributed by atoms with Crippen molar-refractivity contribution in [2.24, 2.45) is 0 Å². The molecule has 34 heavy (non-hydrogen) atoms. The fraction of sp³-hybridized carbons (Fsp3) is 0.296. The average molecular weight is 490 g/mol. The molecule has 0 saturated heterocycles. The minimum atomic E-state index is -4.43. The highest BCUT2D eigenvalue weighted by Gasteiger charge is 2.34. The van der Waals surface area contributed by atoms with Crippen LogP contribution in [0.3, 0.4) is 0 Å². The second-order valence-electron chi connectivity index (χ2n) is 8.74. The Morgan fingerprint density at radius 2 is 1.53 bits per heavy atom. The lowest BCUT2D eigenvalue weighted by Crippen LogP contribution is -2.51. The maximum Gasteiger partial charge on any atom is 0.416 e. The summed E-state index contributed by atoms with van der Waals surface area (Å²) < 4.78 is 44.2. The van der Waals surface area contributed by atoms with Crippen molar-refractivity contribution in [2.75, 3.05) is 0 Å². The topological polar surface area (TPSA) is 38.3 Å². The molecule has 3 aromatic carbocycles. The summed E-state index contributed by atoms with van der Waals surface area (Å²) in [4.78, 5) is 13.1. The molecule has 0 radical (unpaired) electrons. The number of hydrogen-bond acceptors (Lipinski definition) is 2. The monoisotopic (exact) mass is 489 g/mol. The van der Waals surface area contributed by atoms with Gasteiger partial charge in [-0.3, -0.25) is 4.79 Å². The van der Waals surface area contributed by atoms with Crippen LogP contribution in [0.25, 0.3) is 0 Å². The summed E-state index contributed by atoms with van der Waals surface area (Å²) in [6.45, 7) is 5.10. The number of amides is 1. The van der Waals surface area contributed by atoms with E-state index >= 15 is 0 Å². The number of nitrogens with one attached hydrogen (secondary N) is 1. The van der Waals surface area contributed by atoms with Gasteiger partial charge < -0.3 is 10.1 Å². The average Bonchev–Trinajstić information content (AvgIpc) is 2.78. The predicted octanol–water partition coefficient (Wildman–Crippen LogP) is 7.05. The number of hydrogen-bond donors (Lipinski definition) is 1. The lowest BCUT2D eigenvalue weighted by atomic mass is 9.86. The summed E-state index contributed by atoms with van der Waals surface area (Å²) in [6.07, 6.45) is -3.75. The van der Waals surface area contributed by atoms with Gasteiger partial charge in [0.15, 0.2) is 5.60 Å². The van der Waals surface area contributed by atoms with Crippen molar-refractivity contribution < 1.29 is 22.7 Å². The zero-order valence-corrected chi connectivity index (χ0v) is 20.0. The molecule has 3 rings (SSSR count). The second kappa shape index (κ2) is 10.5. The van der Waals surface area contributed by atoms with Crippen LogP contribution in [0.15, 0.2) is 78.9 Å². The zero-order chi connectivity index (χ0) is 24.9. The molecule has 3 nitrogen and oxygen atoms in total. The van der Waals surface area contributed by atoms with Gasteiger partial charge in [-0.05, 0) is 74.7 Å². The first kappa shape index (κ1) is 25.6. The maximum absolute atomic E-state index is 13.1. The van der Waals surface area contributed by atoms with E-state index in [4.69, 9.17) is 16.3 Å². The number of carbonyl (C=O) groups is 1. The van der Waals surface area contributed by atoms with Gasteiger partial charge >= 0.3 is 6.18 Å². The van der Waals surface area contributed by atoms with Gasteiger partial charge in [-0.15, -0.1) is 0 Å². The normalized spacial score (nSPS) is 13.7. The molecule has 7 heteroatoms. The number of rotatable bonds is 8. The van der Waals surface area contributed by atoms with Crippen molar-refractivity contribution in [3.8, 4) is 5.75 Å². The Balaban J connectivity index is 1.73. The molecule has 0 aliphatic heterocycles. The third-order valence-corrected chi connectivity index (χ3v) is 5.91. The summed E-state index contributed by atoms with van der Waals surface area (Å²) in [5.41, 5.74) is 0.0881. The number of halogens is 4. The molecule has 1 N–H and O–H groups in total. The van der Waals surface area contributed by atoms with Crippen molar-refractivity contribution in [1.29, 1.82) is 0 Å². The van der Waals surface area contributed by atoms with Gasteiger partial charge in [-0.2, -0.15) is 13.2 Å². The Hall–Kier alpha value is -2.99. The largest absolute Gasteiger partial charge is 0.478 e. The summed E-state index contributed by atoms with van der Waals surface area (Å²) in [5, 5.41) is 3.69. The van der Waals surface area contributed by atoms with Crippen LogP contribution in [-0.4, -0.2) is 17.6 Å². The molecular weight excluding hydrogens is 463 g/mol. The fourth-order valence-corrected chi connectivity index (χ4v) is 3.82. The highest BCUT2D eigenvalue weighted by atomic mass is 35.5. The molecule has 0 heterocycles. The molecule has 2 atom stereocenters. The second-order valence-corrected chi connectivity index (χ2v) is 9.18. The van der Waals surface area contributed by atoms with Crippen LogP contribution in [0.1, 0.15) is 43.4 Å². The first-order valence-electron chi connectivity index (χ1n) is 10.9. The Morgan fingerprint density at radius 3 is 2.09 bits per heavy atom. The van der Waals surface area contributed by atoms with Gasteiger partial charge in [0.25, 0.3) is 5.91 Å². The van der Waals surface area contributed by atoms with Crippen LogP contribution in [0.5, 0.6) is 5.75 Å². The summed E-state index contributed by atoms with van der Waals surface area (Å²) in [6, 6.07) is 21.5. The molecule has 3 aromatic rings. The number of benzene rings is 3. The van der Waals surface area contributed by atoms with Gasteiger partial charge in [0.1, 0.15) is 5.75 Å². The molecule has 0 saturated carbocycles. The predicted molar refractivity (Wildman–Crippen MR) is 128 cm³/mol. The van der Waals surface area contributed by atoms with E-state index in [9.17, 15) is 18.0 Å². The molecule has 0 aromatic heterocycles. The van der Waals surface area contributed by atoms with Crippen molar-refractivity contribution in [2.45, 2.75) is 50.9 Å². The standard InChI is InChI=1S/C27H27ClF3NO2/c1-18(24(20-7-5-4-6-8-20)17-19-9-13-22(28)14-10-19)32-25(33)26(2,3)34-23-15-11-21(12-16-23)27(29,30)31/h4-16,18,24H,17H2,1-3H3,(H,32,33)/t18?,24-/m1/s1. The van der Waals surface area contributed by atoms with E-state index < -0.39 is 17.3 Å². The van der Waals surface area contributed by atoms with E-state index in [0.29, 0.717) is 11.4 Å². The summed E-state index contributed by atoms with van der Waals surface area (Å²) in [7, 11) is 0. The molecule has 0 spiro atoms. The molecule has 0 aliphatic rings. The first-order valence-corrected chi connectivity index (χ1v) is 11.3. The van der Waals surface area contributed by atoms with Crippen LogP contribution in [-0.2, 0) is 17.4 Å². The third-order valence-electron chi connectivity index (χ3n) is 5.66.